The summed E-state index contributed by atoms with van der Waals surface area (Å²) in [5.41, 5.74) is 0.418. The van der Waals surface area contributed by atoms with Gasteiger partial charge in [0.15, 0.2) is 0 Å². The van der Waals surface area contributed by atoms with E-state index >= 15 is 0 Å². The highest BCUT2D eigenvalue weighted by atomic mass is 32.2. The summed E-state index contributed by atoms with van der Waals surface area (Å²) in [5.74, 6) is 0.725. The molecule has 0 saturated carbocycles. The molecule has 0 bridgehead atoms. The maximum Gasteiger partial charge on any atom is 0.240 e. The summed E-state index contributed by atoms with van der Waals surface area (Å²) in [6.45, 7) is 3.21. The Labute approximate surface area is 140 Å². The number of hydrogen-bond acceptors (Lipinski definition) is 5. The van der Waals surface area contributed by atoms with Gasteiger partial charge in [-0.1, -0.05) is 0 Å². The van der Waals surface area contributed by atoms with Crippen LogP contribution in [0.2, 0.25) is 0 Å². The number of benzene rings is 1. The lowest BCUT2D eigenvalue weighted by molar-refractivity contribution is 0.0925. The summed E-state index contributed by atoms with van der Waals surface area (Å²) in [5, 5.41) is 8.81. The third kappa shape index (κ3) is 3.19. The van der Waals surface area contributed by atoms with E-state index in [9.17, 15) is 8.42 Å². The fourth-order valence-corrected chi connectivity index (χ4v) is 4.06. The van der Waals surface area contributed by atoms with Crippen LogP contribution in [-0.4, -0.2) is 30.6 Å². The molecule has 0 spiro atoms. The van der Waals surface area contributed by atoms with Gasteiger partial charge in [-0.05, 0) is 37.6 Å². The van der Waals surface area contributed by atoms with Gasteiger partial charge in [-0.15, -0.1) is 0 Å². The molecular weight excluding hydrogens is 328 g/mol. The van der Waals surface area contributed by atoms with Crippen LogP contribution >= 0.6 is 0 Å². The van der Waals surface area contributed by atoms with Gasteiger partial charge in [-0.3, -0.25) is 0 Å². The average Bonchev–Trinajstić information content (AvgIpc) is 3.22. The van der Waals surface area contributed by atoms with Gasteiger partial charge in [-0.25, -0.2) is 18.1 Å². The third-order valence-electron chi connectivity index (χ3n) is 4.03. The van der Waals surface area contributed by atoms with E-state index in [1.165, 1.54) is 24.3 Å². The van der Waals surface area contributed by atoms with Crippen LogP contribution in [0, 0.1) is 11.3 Å². The minimum absolute atomic E-state index is 0.131. The Morgan fingerprint density at radius 1 is 1.42 bits per heavy atom. The molecule has 1 fully saturated rings. The van der Waals surface area contributed by atoms with Gasteiger partial charge in [0.1, 0.15) is 11.9 Å². The fourth-order valence-electron chi connectivity index (χ4n) is 2.79. The number of aromatic nitrogens is 2. The van der Waals surface area contributed by atoms with E-state index in [2.05, 4.69) is 9.71 Å². The van der Waals surface area contributed by atoms with E-state index in [0.29, 0.717) is 18.6 Å². The first-order valence-corrected chi connectivity index (χ1v) is 9.18. The second-order valence-electron chi connectivity index (χ2n) is 5.52. The van der Waals surface area contributed by atoms with E-state index in [1.807, 2.05) is 23.8 Å². The number of sulfonamides is 1. The third-order valence-corrected chi connectivity index (χ3v) is 5.54. The molecule has 1 aromatic heterocycles. The topological polar surface area (TPSA) is 97.0 Å². The van der Waals surface area contributed by atoms with Gasteiger partial charge in [0, 0.05) is 25.5 Å². The molecule has 3 rings (SSSR count). The quantitative estimate of drug-likeness (QED) is 0.886. The molecule has 24 heavy (non-hydrogen) atoms. The second-order valence-corrected chi connectivity index (χ2v) is 7.23. The van der Waals surface area contributed by atoms with Crippen LogP contribution in [0.25, 0.3) is 0 Å². The van der Waals surface area contributed by atoms with Gasteiger partial charge >= 0.3 is 0 Å². The number of nitriles is 1. The Morgan fingerprint density at radius 2 is 2.17 bits per heavy atom. The van der Waals surface area contributed by atoms with Gasteiger partial charge in [0.25, 0.3) is 0 Å². The predicted molar refractivity (Wildman–Crippen MR) is 86.5 cm³/mol. The van der Waals surface area contributed by atoms with Crippen molar-refractivity contribution in [1.82, 2.24) is 14.3 Å². The normalized spacial score (nSPS) is 20.8. The number of nitrogens with zero attached hydrogens (tertiary/aromatic N) is 3. The first kappa shape index (κ1) is 16.6. The SMILES string of the molecule is CCn1ccnc1[C@H]1OCC[C@@H]1NS(=O)(=O)c1ccc(C#N)cc1. The fraction of sp³-hybridized carbons (Fsp3) is 0.375. The summed E-state index contributed by atoms with van der Waals surface area (Å²) >= 11 is 0. The Balaban J connectivity index is 1.82. The molecule has 2 aromatic rings. The number of hydrogen-bond donors (Lipinski definition) is 1. The Hall–Kier alpha value is -2.21. The smallest absolute Gasteiger partial charge is 0.240 e. The summed E-state index contributed by atoms with van der Waals surface area (Å²) in [6, 6.07) is 7.43. The summed E-state index contributed by atoms with van der Waals surface area (Å²) in [4.78, 5) is 4.44. The first-order chi connectivity index (χ1) is 11.5. The number of aryl methyl sites for hydroxylation is 1. The van der Waals surface area contributed by atoms with E-state index < -0.39 is 16.1 Å². The Bertz CT molecular complexity index is 852. The molecule has 8 heteroatoms. The maximum absolute atomic E-state index is 12.6. The van der Waals surface area contributed by atoms with Crippen LogP contribution in [0.5, 0.6) is 0 Å². The highest BCUT2D eigenvalue weighted by Gasteiger charge is 2.35. The van der Waals surface area contributed by atoms with Gasteiger partial charge in [-0.2, -0.15) is 5.26 Å². The number of nitrogens with one attached hydrogen (secondary N) is 1. The molecule has 1 aliphatic rings. The molecule has 1 N–H and O–H groups in total. The molecule has 1 saturated heterocycles. The Morgan fingerprint density at radius 3 is 2.83 bits per heavy atom. The van der Waals surface area contributed by atoms with E-state index in [1.54, 1.807) is 6.20 Å². The van der Waals surface area contributed by atoms with Crippen molar-refractivity contribution in [3.05, 3.63) is 48.0 Å². The molecule has 0 aliphatic carbocycles. The number of rotatable bonds is 5. The summed E-state index contributed by atoms with van der Waals surface area (Å²) < 4.78 is 35.5. The zero-order chi connectivity index (χ0) is 17.2. The summed E-state index contributed by atoms with van der Waals surface area (Å²) in [7, 11) is -3.69. The van der Waals surface area contributed by atoms with Crippen LogP contribution in [0.1, 0.15) is 30.8 Å². The Kier molecular flexibility index (Phi) is 4.66. The lowest BCUT2D eigenvalue weighted by Crippen LogP contribution is -2.37. The van der Waals surface area contributed by atoms with Crippen molar-refractivity contribution >= 4 is 10.0 Å². The standard InChI is InChI=1S/C16H18N4O3S/c1-2-20-9-8-18-16(20)15-14(7-10-23-15)19-24(21,22)13-5-3-12(11-17)4-6-13/h3-6,8-9,14-15,19H,2,7,10H2,1H3/t14-,15-/m0/s1. The summed E-state index contributed by atoms with van der Waals surface area (Å²) in [6.07, 6.45) is 3.71. The highest BCUT2D eigenvalue weighted by Crippen LogP contribution is 2.29. The van der Waals surface area contributed by atoms with Crippen LogP contribution in [0.15, 0.2) is 41.6 Å². The molecular formula is C16H18N4O3S. The molecule has 1 aliphatic heterocycles. The average molecular weight is 346 g/mol. The van der Waals surface area contributed by atoms with E-state index in [-0.39, 0.29) is 10.9 Å². The zero-order valence-corrected chi connectivity index (χ0v) is 14.0. The molecule has 0 unspecified atom stereocenters. The zero-order valence-electron chi connectivity index (χ0n) is 13.2. The molecule has 0 amide bonds. The van der Waals surface area contributed by atoms with Crippen molar-refractivity contribution in [1.29, 1.82) is 5.26 Å². The molecule has 0 radical (unpaired) electrons. The van der Waals surface area contributed by atoms with Crippen LogP contribution in [-0.2, 0) is 21.3 Å². The van der Waals surface area contributed by atoms with E-state index in [0.717, 1.165) is 12.4 Å². The second kappa shape index (κ2) is 6.73. The van der Waals surface area contributed by atoms with Crippen LogP contribution in [0.4, 0.5) is 0 Å². The molecule has 7 nitrogen and oxygen atoms in total. The largest absolute Gasteiger partial charge is 0.369 e. The van der Waals surface area contributed by atoms with Gasteiger partial charge < -0.3 is 9.30 Å². The van der Waals surface area contributed by atoms with Crippen LogP contribution in [0.3, 0.4) is 0 Å². The number of imidazole rings is 1. The maximum atomic E-state index is 12.6. The van der Waals surface area contributed by atoms with Crippen LogP contribution < -0.4 is 4.72 Å². The molecule has 126 valence electrons. The lowest BCUT2D eigenvalue weighted by atomic mass is 10.1. The van der Waals surface area contributed by atoms with Crippen molar-refractivity contribution in [2.75, 3.05) is 6.61 Å². The first-order valence-electron chi connectivity index (χ1n) is 7.70. The van der Waals surface area contributed by atoms with Crippen molar-refractivity contribution in [3.63, 3.8) is 0 Å². The minimum Gasteiger partial charge on any atom is -0.369 e. The van der Waals surface area contributed by atoms with Crippen molar-refractivity contribution in [2.45, 2.75) is 36.9 Å². The highest BCUT2D eigenvalue weighted by molar-refractivity contribution is 7.89. The van der Waals surface area contributed by atoms with Gasteiger partial charge in [0.2, 0.25) is 10.0 Å². The molecule has 2 heterocycles. The van der Waals surface area contributed by atoms with Crippen molar-refractivity contribution < 1.29 is 13.2 Å². The van der Waals surface area contributed by atoms with E-state index in [4.69, 9.17) is 10.00 Å². The molecule has 1 aromatic carbocycles. The molecule has 2 atom stereocenters. The van der Waals surface area contributed by atoms with Gasteiger partial charge in [0.05, 0.1) is 22.6 Å². The lowest BCUT2D eigenvalue weighted by Gasteiger charge is -2.20. The minimum atomic E-state index is -3.69. The predicted octanol–water partition coefficient (Wildman–Crippen LogP) is 1.58. The monoisotopic (exact) mass is 346 g/mol. The van der Waals surface area contributed by atoms with Crippen molar-refractivity contribution in [3.8, 4) is 6.07 Å². The van der Waals surface area contributed by atoms with Crippen molar-refractivity contribution in [2.24, 2.45) is 0 Å². The number of ether oxygens (including phenoxy) is 1.